The molecule has 4 rings (SSSR count). The molecule has 0 radical (unpaired) electrons. The van der Waals surface area contributed by atoms with Crippen LogP contribution >= 0.6 is 0 Å². The van der Waals surface area contributed by atoms with Gasteiger partial charge in [0.05, 0.1) is 5.92 Å². The van der Waals surface area contributed by atoms with E-state index in [1.807, 2.05) is 0 Å². The number of halogens is 3. The molecule has 1 N–H and O–H groups in total. The van der Waals surface area contributed by atoms with Crippen LogP contribution in [0.4, 0.5) is 18.9 Å². The second kappa shape index (κ2) is 8.39. The van der Waals surface area contributed by atoms with Crippen molar-refractivity contribution in [3.8, 4) is 5.75 Å². The molecule has 1 aliphatic rings. The van der Waals surface area contributed by atoms with Crippen molar-refractivity contribution in [2.45, 2.75) is 24.1 Å². The van der Waals surface area contributed by atoms with Crippen LogP contribution in [0.15, 0.2) is 52.0 Å². The van der Waals surface area contributed by atoms with Gasteiger partial charge in [-0.1, -0.05) is 6.07 Å². The molecule has 32 heavy (non-hydrogen) atoms. The van der Waals surface area contributed by atoms with Crippen LogP contribution in [0.2, 0.25) is 0 Å². The maximum atomic E-state index is 13.2. The number of nitrogens with one attached hydrogen (secondary N) is 1. The predicted molar refractivity (Wildman–Crippen MR) is 105 cm³/mol. The summed E-state index contributed by atoms with van der Waals surface area (Å²) in [5.74, 6) is -1.49. The van der Waals surface area contributed by atoms with Crippen molar-refractivity contribution in [2.24, 2.45) is 5.92 Å². The van der Waals surface area contributed by atoms with Crippen molar-refractivity contribution in [1.82, 2.24) is 14.6 Å². The Bertz CT molecular complexity index is 1230. The number of alkyl halides is 3. The monoisotopic (exact) mass is 470 g/mol. The number of amides is 1. The molecule has 0 aliphatic carbocycles. The van der Waals surface area contributed by atoms with Crippen LogP contribution in [0.1, 0.15) is 12.8 Å². The fraction of sp³-hybridized carbons (Fsp3) is 0.316. The number of carbonyl (C=O) groups is 1. The summed E-state index contributed by atoms with van der Waals surface area (Å²) in [6.45, 7) is 0.183. The SMILES string of the molecule is O=C(Nc1ccc(OC(F)(F)F)cc1)[C@@H]1CCCN(S(=O)(=O)c2cccc3nonc23)C1. The first-order valence-corrected chi connectivity index (χ1v) is 11.0. The summed E-state index contributed by atoms with van der Waals surface area (Å²) in [5.41, 5.74) is 0.679. The van der Waals surface area contributed by atoms with Gasteiger partial charge in [-0.2, -0.15) is 4.31 Å². The summed E-state index contributed by atoms with van der Waals surface area (Å²) in [5, 5.41) is 9.92. The van der Waals surface area contributed by atoms with Crippen LogP contribution < -0.4 is 10.1 Å². The Morgan fingerprint density at radius 2 is 1.91 bits per heavy atom. The molecule has 2 aromatic carbocycles. The zero-order valence-electron chi connectivity index (χ0n) is 16.4. The number of rotatable bonds is 5. The molecular weight excluding hydrogens is 453 g/mol. The smallest absolute Gasteiger partial charge is 0.406 e. The molecular formula is C19H17F3N4O5S. The lowest BCUT2D eigenvalue weighted by Crippen LogP contribution is -2.43. The quantitative estimate of drug-likeness (QED) is 0.609. The van der Waals surface area contributed by atoms with Crippen LogP contribution in [0.5, 0.6) is 5.75 Å². The van der Waals surface area contributed by atoms with Gasteiger partial charge in [-0.25, -0.2) is 13.0 Å². The molecule has 9 nitrogen and oxygen atoms in total. The van der Waals surface area contributed by atoms with E-state index in [1.165, 1.54) is 28.6 Å². The fourth-order valence-corrected chi connectivity index (χ4v) is 5.15. The molecule has 0 saturated carbocycles. The molecule has 0 unspecified atom stereocenters. The topological polar surface area (TPSA) is 115 Å². The van der Waals surface area contributed by atoms with Gasteiger partial charge in [0.1, 0.15) is 16.2 Å². The summed E-state index contributed by atoms with van der Waals surface area (Å²) in [6.07, 6.45) is -3.89. The van der Waals surface area contributed by atoms with E-state index in [9.17, 15) is 26.4 Å². The minimum absolute atomic E-state index is 0.0505. The predicted octanol–water partition coefficient (Wildman–Crippen LogP) is 3.16. The van der Waals surface area contributed by atoms with Gasteiger partial charge in [0.2, 0.25) is 15.9 Å². The van der Waals surface area contributed by atoms with Crippen LogP contribution in [-0.2, 0) is 14.8 Å². The van der Waals surface area contributed by atoms with Crippen molar-refractivity contribution in [3.63, 3.8) is 0 Å². The van der Waals surface area contributed by atoms with E-state index >= 15 is 0 Å². The van der Waals surface area contributed by atoms with E-state index < -0.39 is 34.0 Å². The van der Waals surface area contributed by atoms with Gasteiger partial charge >= 0.3 is 6.36 Å². The number of anilines is 1. The van der Waals surface area contributed by atoms with E-state index in [1.54, 1.807) is 6.07 Å². The van der Waals surface area contributed by atoms with E-state index in [2.05, 4.69) is 25.0 Å². The molecule has 13 heteroatoms. The van der Waals surface area contributed by atoms with Gasteiger partial charge < -0.3 is 10.1 Å². The third-order valence-electron chi connectivity index (χ3n) is 4.98. The molecule has 1 amide bonds. The number of carbonyl (C=O) groups excluding carboxylic acids is 1. The van der Waals surface area contributed by atoms with Crippen molar-refractivity contribution in [1.29, 1.82) is 0 Å². The second-order valence-corrected chi connectivity index (χ2v) is 9.06. The molecule has 170 valence electrons. The standard InChI is InChI=1S/C19H17F3N4O5S/c20-19(21,22)30-14-8-6-13(7-9-14)23-18(27)12-3-2-10-26(11-12)32(28,29)16-5-1-4-15-17(16)25-31-24-15/h1,4-9,12H,2-3,10-11H2,(H,23,27)/t12-/m1/s1. The van der Waals surface area contributed by atoms with Crippen LogP contribution in [-0.4, -0.2) is 48.4 Å². The first kappa shape index (κ1) is 22.0. The number of hydrogen-bond donors (Lipinski definition) is 1. The number of sulfonamides is 1. The number of hydrogen-bond acceptors (Lipinski definition) is 7. The number of piperidine rings is 1. The zero-order valence-corrected chi connectivity index (χ0v) is 17.2. The van der Waals surface area contributed by atoms with Gasteiger partial charge in [0.25, 0.3) is 0 Å². The number of benzene rings is 2. The lowest BCUT2D eigenvalue weighted by atomic mass is 9.99. The normalized spacial score (nSPS) is 17.9. The van der Waals surface area contributed by atoms with Crippen LogP contribution in [0.25, 0.3) is 11.0 Å². The molecule has 1 aromatic heterocycles. The molecule has 1 aliphatic heterocycles. The number of ether oxygens (including phenoxy) is 1. The van der Waals surface area contributed by atoms with E-state index in [-0.39, 0.29) is 29.2 Å². The molecule has 1 atom stereocenters. The highest BCUT2D eigenvalue weighted by Gasteiger charge is 2.35. The first-order chi connectivity index (χ1) is 15.1. The highest BCUT2D eigenvalue weighted by atomic mass is 32.2. The Balaban J connectivity index is 1.45. The number of fused-ring (bicyclic) bond motifs is 1. The molecule has 0 bridgehead atoms. The van der Waals surface area contributed by atoms with E-state index in [0.717, 1.165) is 12.1 Å². The Kier molecular flexibility index (Phi) is 5.77. The Labute approximate surface area is 180 Å². The Morgan fingerprint density at radius 3 is 2.62 bits per heavy atom. The lowest BCUT2D eigenvalue weighted by Gasteiger charge is -2.31. The average molecular weight is 470 g/mol. The highest BCUT2D eigenvalue weighted by Crippen LogP contribution is 2.29. The minimum Gasteiger partial charge on any atom is -0.406 e. The summed E-state index contributed by atoms with van der Waals surface area (Å²) in [6, 6.07) is 9.20. The highest BCUT2D eigenvalue weighted by molar-refractivity contribution is 7.89. The lowest BCUT2D eigenvalue weighted by molar-refractivity contribution is -0.274. The van der Waals surface area contributed by atoms with Gasteiger partial charge in [0.15, 0.2) is 5.52 Å². The number of nitrogens with zero attached hydrogens (tertiary/aromatic N) is 3. The fourth-order valence-electron chi connectivity index (χ4n) is 3.49. The zero-order chi connectivity index (χ0) is 22.9. The molecule has 0 spiro atoms. The summed E-state index contributed by atoms with van der Waals surface area (Å²) in [7, 11) is -3.95. The number of aromatic nitrogens is 2. The van der Waals surface area contributed by atoms with Crippen molar-refractivity contribution < 1.29 is 35.7 Å². The summed E-state index contributed by atoms with van der Waals surface area (Å²) < 4.78 is 72.7. The second-order valence-electron chi connectivity index (χ2n) is 7.15. The third kappa shape index (κ3) is 4.67. The summed E-state index contributed by atoms with van der Waals surface area (Å²) in [4.78, 5) is 12.6. The third-order valence-corrected chi connectivity index (χ3v) is 6.87. The van der Waals surface area contributed by atoms with Crippen LogP contribution in [0.3, 0.4) is 0 Å². The van der Waals surface area contributed by atoms with Crippen molar-refractivity contribution in [3.05, 3.63) is 42.5 Å². The maximum Gasteiger partial charge on any atom is 0.573 e. The molecule has 3 aromatic rings. The Morgan fingerprint density at radius 1 is 1.16 bits per heavy atom. The van der Waals surface area contributed by atoms with Gasteiger partial charge in [-0.05, 0) is 59.6 Å². The van der Waals surface area contributed by atoms with Crippen molar-refractivity contribution >= 4 is 32.7 Å². The minimum atomic E-state index is -4.81. The van der Waals surface area contributed by atoms with Gasteiger partial charge in [0, 0.05) is 18.8 Å². The largest absolute Gasteiger partial charge is 0.573 e. The average Bonchev–Trinajstić information content (AvgIpc) is 3.23. The Hall–Kier alpha value is -3.19. The summed E-state index contributed by atoms with van der Waals surface area (Å²) >= 11 is 0. The van der Waals surface area contributed by atoms with Crippen molar-refractivity contribution in [2.75, 3.05) is 18.4 Å². The van der Waals surface area contributed by atoms with Gasteiger partial charge in [-0.3, -0.25) is 4.79 Å². The van der Waals surface area contributed by atoms with Gasteiger partial charge in [-0.15, -0.1) is 13.2 Å². The first-order valence-electron chi connectivity index (χ1n) is 9.51. The maximum absolute atomic E-state index is 13.2. The van der Waals surface area contributed by atoms with E-state index in [0.29, 0.717) is 18.4 Å². The van der Waals surface area contributed by atoms with E-state index in [4.69, 9.17) is 0 Å². The molecule has 1 fully saturated rings. The molecule has 1 saturated heterocycles. The molecule has 2 heterocycles. The van der Waals surface area contributed by atoms with Crippen LogP contribution in [0, 0.1) is 5.92 Å².